The molecule has 0 aliphatic carbocycles. The van der Waals surface area contributed by atoms with Crippen LogP contribution < -0.4 is 0 Å². The van der Waals surface area contributed by atoms with Crippen molar-refractivity contribution in [3.8, 4) is 62.2 Å². The number of fused-ring (bicyclic) bond motifs is 6. The Morgan fingerprint density at radius 3 is 1.73 bits per heavy atom. The minimum absolute atomic E-state index is 0.592. The Balaban J connectivity index is 1.27. The van der Waals surface area contributed by atoms with Gasteiger partial charge in [-0.2, -0.15) is 5.26 Å². The quantitative estimate of drug-likeness (QED) is 0.180. The molecular formula is C47H27N3S2. The minimum atomic E-state index is 0.592. The molecule has 5 heteroatoms. The molecule has 0 fully saturated rings. The minimum Gasteiger partial charge on any atom is -0.228 e. The van der Waals surface area contributed by atoms with Crippen molar-refractivity contribution in [3.05, 3.63) is 169 Å². The highest BCUT2D eigenvalue weighted by Gasteiger charge is 2.20. The first-order valence-electron chi connectivity index (χ1n) is 17.1. The predicted molar refractivity (Wildman–Crippen MR) is 220 cm³/mol. The molecule has 0 saturated carbocycles. The van der Waals surface area contributed by atoms with Crippen LogP contribution in [0.15, 0.2) is 164 Å². The molecule has 0 aliphatic heterocycles. The molecule has 52 heavy (non-hydrogen) atoms. The van der Waals surface area contributed by atoms with Crippen molar-refractivity contribution in [1.29, 1.82) is 5.26 Å². The lowest BCUT2D eigenvalue weighted by atomic mass is 9.91. The van der Waals surface area contributed by atoms with Gasteiger partial charge in [0, 0.05) is 62.6 Å². The van der Waals surface area contributed by atoms with E-state index in [1.165, 1.54) is 51.5 Å². The predicted octanol–water partition coefficient (Wildman–Crippen LogP) is 13.4. The Bertz CT molecular complexity index is 3040. The van der Waals surface area contributed by atoms with Crippen molar-refractivity contribution in [1.82, 2.24) is 9.97 Å². The van der Waals surface area contributed by atoms with Crippen molar-refractivity contribution in [2.75, 3.05) is 0 Å². The normalized spacial score (nSPS) is 11.4. The van der Waals surface area contributed by atoms with Crippen LogP contribution in [0.5, 0.6) is 0 Å². The Morgan fingerprint density at radius 1 is 0.404 bits per heavy atom. The summed E-state index contributed by atoms with van der Waals surface area (Å²) in [6.45, 7) is 0. The molecular weight excluding hydrogens is 671 g/mol. The lowest BCUT2D eigenvalue weighted by molar-refractivity contribution is 1.18. The second-order valence-electron chi connectivity index (χ2n) is 12.8. The first kappa shape index (κ1) is 30.4. The molecule has 242 valence electrons. The third kappa shape index (κ3) is 5.08. The molecule has 7 aromatic carbocycles. The van der Waals surface area contributed by atoms with Crippen LogP contribution in [0.25, 0.3) is 96.5 Å². The molecule has 0 radical (unpaired) electrons. The highest BCUT2D eigenvalue weighted by Crippen LogP contribution is 2.46. The van der Waals surface area contributed by atoms with Gasteiger partial charge in [0.15, 0.2) is 5.82 Å². The Labute approximate surface area is 308 Å². The van der Waals surface area contributed by atoms with Crippen molar-refractivity contribution < 1.29 is 0 Å². The summed E-state index contributed by atoms with van der Waals surface area (Å²) in [4.78, 5) is 10.4. The SMILES string of the molecule is N#Cc1cccc(-c2cc(-c3cc(-c4cccc5c4sc4ccccc45)ccc3-c3cccc4c3sc3ccccc34)nc(-c3ccccc3)n2)c1. The average molecular weight is 698 g/mol. The van der Waals surface area contributed by atoms with Crippen molar-refractivity contribution in [2.24, 2.45) is 0 Å². The number of nitrogens with zero attached hydrogens (tertiary/aromatic N) is 3. The van der Waals surface area contributed by atoms with Gasteiger partial charge in [-0.15, -0.1) is 22.7 Å². The zero-order valence-corrected chi connectivity index (χ0v) is 29.4. The molecule has 0 bridgehead atoms. The van der Waals surface area contributed by atoms with Gasteiger partial charge < -0.3 is 0 Å². The van der Waals surface area contributed by atoms with Crippen LogP contribution in [-0.4, -0.2) is 9.97 Å². The molecule has 0 saturated heterocycles. The fourth-order valence-corrected chi connectivity index (χ4v) is 9.76. The van der Waals surface area contributed by atoms with E-state index in [0.29, 0.717) is 11.4 Å². The molecule has 0 unspecified atom stereocenters. The number of rotatable bonds is 5. The number of hydrogen-bond donors (Lipinski definition) is 0. The molecule has 0 spiro atoms. The van der Waals surface area contributed by atoms with E-state index in [0.717, 1.165) is 39.2 Å². The molecule has 3 heterocycles. The zero-order valence-electron chi connectivity index (χ0n) is 27.7. The third-order valence-electron chi connectivity index (χ3n) is 9.75. The summed E-state index contributed by atoms with van der Waals surface area (Å²) in [5, 5.41) is 14.8. The van der Waals surface area contributed by atoms with Crippen molar-refractivity contribution in [3.63, 3.8) is 0 Å². The average Bonchev–Trinajstić information content (AvgIpc) is 3.80. The Kier molecular flexibility index (Phi) is 7.24. The van der Waals surface area contributed by atoms with Crippen LogP contribution in [0.4, 0.5) is 0 Å². The van der Waals surface area contributed by atoms with Gasteiger partial charge in [-0.25, -0.2) is 9.97 Å². The van der Waals surface area contributed by atoms with Crippen LogP contribution in [0.3, 0.4) is 0 Å². The molecule has 0 amide bonds. The fourth-order valence-electron chi connectivity index (χ4n) is 7.29. The second kappa shape index (κ2) is 12.4. The number of aromatic nitrogens is 2. The third-order valence-corrected chi connectivity index (χ3v) is 12.2. The Morgan fingerprint density at radius 2 is 1.00 bits per heavy atom. The van der Waals surface area contributed by atoms with E-state index < -0.39 is 0 Å². The van der Waals surface area contributed by atoms with Crippen LogP contribution in [0.2, 0.25) is 0 Å². The van der Waals surface area contributed by atoms with Gasteiger partial charge in [0.05, 0.1) is 23.0 Å². The topological polar surface area (TPSA) is 49.6 Å². The second-order valence-corrected chi connectivity index (χ2v) is 14.9. The van der Waals surface area contributed by atoms with Crippen LogP contribution >= 0.6 is 22.7 Å². The van der Waals surface area contributed by atoms with Crippen LogP contribution in [-0.2, 0) is 0 Å². The molecule has 10 aromatic rings. The number of thiophene rings is 2. The van der Waals surface area contributed by atoms with Crippen molar-refractivity contribution >= 4 is 63.0 Å². The van der Waals surface area contributed by atoms with Crippen LogP contribution in [0, 0.1) is 11.3 Å². The summed E-state index contributed by atoms with van der Waals surface area (Å²) in [6.07, 6.45) is 0. The van der Waals surface area contributed by atoms with Gasteiger partial charge in [-0.1, -0.05) is 127 Å². The van der Waals surface area contributed by atoms with E-state index in [1.54, 1.807) is 0 Å². The first-order chi connectivity index (χ1) is 25.7. The summed E-state index contributed by atoms with van der Waals surface area (Å²) in [5.74, 6) is 0.637. The Hall–Kier alpha value is -6.45. The number of nitriles is 1. The van der Waals surface area contributed by atoms with Gasteiger partial charge in [-0.3, -0.25) is 0 Å². The summed E-state index contributed by atoms with van der Waals surface area (Å²) in [5.41, 5.74) is 9.63. The van der Waals surface area contributed by atoms with E-state index in [4.69, 9.17) is 9.97 Å². The lowest BCUT2D eigenvalue weighted by Crippen LogP contribution is -1.98. The van der Waals surface area contributed by atoms with E-state index >= 15 is 0 Å². The standard InChI is InChI=1S/C47H27N3S2/c48-28-29-11-8-14-32(25-29)41-27-42(50-47(49-41)30-12-2-1-3-13-30)40-26-31(33-17-9-19-38-35-15-4-6-21-43(35)51-45(33)38)23-24-34(40)37-18-10-20-39-36-16-5-7-22-44(36)52-46(37)39/h1-27H. The molecule has 0 N–H and O–H groups in total. The zero-order chi connectivity index (χ0) is 34.6. The van der Waals surface area contributed by atoms with Crippen LogP contribution in [0.1, 0.15) is 5.56 Å². The van der Waals surface area contributed by atoms with Gasteiger partial charge in [0.2, 0.25) is 0 Å². The summed E-state index contributed by atoms with van der Waals surface area (Å²) in [6, 6.07) is 59.6. The maximum atomic E-state index is 9.75. The molecule has 3 nitrogen and oxygen atoms in total. The number of benzene rings is 7. The summed E-state index contributed by atoms with van der Waals surface area (Å²) in [7, 11) is 0. The van der Waals surface area contributed by atoms with E-state index in [-0.39, 0.29) is 0 Å². The summed E-state index contributed by atoms with van der Waals surface area (Å²) >= 11 is 3.68. The lowest BCUT2D eigenvalue weighted by Gasteiger charge is -2.16. The first-order valence-corrected chi connectivity index (χ1v) is 18.8. The largest absolute Gasteiger partial charge is 0.228 e. The summed E-state index contributed by atoms with van der Waals surface area (Å²) < 4.78 is 5.08. The molecule has 0 aliphatic rings. The highest BCUT2D eigenvalue weighted by atomic mass is 32.1. The maximum Gasteiger partial charge on any atom is 0.160 e. The van der Waals surface area contributed by atoms with E-state index in [2.05, 4.69) is 115 Å². The van der Waals surface area contributed by atoms with E-state index in [9.17, 15) is 5.26 Å². The maximum absolute atomic E-state index is 9.75. The van der Waals surface area contributed by atoms with Gasteiger partial charge >= 0.3 is 0 Å². The van der Waals surface area contributed by atoms with Crippen molar-refractivity contribution in [2.45, 2.75) is 0 Å². The van der Waals surface area contributed by atoms with Gasteiger partial charge in [0.25, 0.3) is 0 Å². The molecule has 3 aromatic heterocycles. The highest BCUT2D eigenvalue weighted by molar-refractivity contribution is 7.26. The number of hydrogen-bond acceptors (Lipinski definition) is 5. The van der Waals surface area contributed by atoms with E-state index in [1.807, 2.05) is 77.3 Å². The smallest absolute Gasteiger partial charge is 0.160 e. The molecule has 0 atom stereocenters. The van der Waals surface area contributed by atoms with Gasteiger partial charge in [-0.05, 0) is 53.1 Å². The molecule has 10 rings (SSSR count). The van der Waals surface area contributed by atoms with Gasteiger partial charge in [0.1, 0.15) is 0 Å². The monoisotopic (exact) mass is 697 g/mol. The fraction of sp³-hybridized carbons (Fsp3) is 0.